The van der Waals surface area contributed by atoms with E-state index in [0.29, 0.717) is 84.4 Å². The Labute approximate surface area is 462 Å². The van der Waals surface area contributed by atoms with Crippen LogP contribution in [0, 0.1) is 17.2 Å². The molecule has 12 rings (SSSR count). The van der Waals surface area contributed by atoms with Crippen molar-refractivity contribution in [3.63, 3.8) is 0 Å². The number of ether oxygens (including phenoxy) is 2. The minimum Gasteiger partial charge on any atom is -0.377 e. The predicted octanol–water partition coefficient (Wildman–Crippen LogP) is 16.1. The van der Waals surface area contributed by atoms with Crippen LogP contribution in [0.4, 0.5) is 0 Å². The van der Waals surface area contributed by atoms with Gasteiger partial charge >= 0.3 is 5.97 Å². The summed E-state index contributed by atoms with van der Waals surface area (Å²) in [6, 6.07) is 40.9. The van der Waals surface area contributed by atoms with E-state index in [2.05, 4.69) is 81.0 Å². The molecule has 0 spiro atoms. The SMILES string of the molecule is CC(=O)ON=C(CCC1CCCC1)c1ccc2c(c1)c1cc(C(=O)c3cccs3)c3ccccc3c1n2CCOCCOCCn1c2ccc(C(=N)CCC3CCCC3)cc2c2cc(C(=O)c3cccs3)c3ccccc3c21. The van der Waals surface area contributed by atoms with Crippen molar-refractivity contribution < 1.29 is 28.7 Å². The van der Waals surface area contributed by atoms with E-state index in [1.165, 1.54) is 81.0 Å². The first-order valence-corrected chi connectivity index (χ1v) is 29.6. The number of nitrogens with one attached hydrogen (secondary N) is 1. The number of fused-ring (bicyclic) bond motifs is 10. The number of oxime groups is 1. The van der Waals surface area contributed by atoms with Crippen LogP contribution in [-0.2, 0) is 32.2 Å². The van der Waals surface area contributed by atoms with Crippen molar-refractivity contribution in [3.05, 3.63) is 164 Å². The third kappa shape index (κ3) is 10.4. The number of nitrogens with zero attached hydrogens (tertiary/aromatic N) is 3. The molecule has 2 aliphatic carbocycles. The van der Waals surface area contributed by atoms with Crippen molar-refractivity contribution in [1.29, 1.82) is 5.41 Å². The highest BCUT2D eigenvalue weighted by atomic mass is 32.1. The Morgan fingerprint density at radius 1 is 0.538 bits per heavy atom. The molecular weight excluding hydrogens is 1010 g/mol. The lowest BCUT2D eigenvalue weighted by Gasteiger charge is -2.13. The average molecular weight is 1070 g/mol. The van der Waals surface area contributed by atoms with Gasteiger partial charge in [-0.05, 0) is 113 Å². The standard InChI is InChI=1S/C66H64N4O6S2/c1-42(71)76-68-58(27-23-44-14-4-5-15-44)46-25-29-60-52(39-46)54-41-56(66(73)62-21-11-37-78-62)48-17-7-9-19-50(48)64(54)70(60)31-33-75-35-34-74-32-30-69-59-28-24-45(57(67)26-22-43-12-2-3-13-43)38-51(59)53-40-55(65(72)61-20-10-36-77-61)47-16-6-8-18-49(47)63(53)69/h6-11,16-21,24-25,28-29,36-41,43-44,67H,2-5,12-15,22-23,26-27,30-35H2,1H3. The minimum absolute atomic E-state index is 0.00498. The van der Waals surface area contributed by atoms with Crippen molar-refractivity contribution >= 4 is 117 Å². The van der Waals surface area contributed by atoms with Crippen molar-refractivity contribution in [2.24, 2.45) is 17.0 Å². The monoisotopic (exact) mass is 1070 g/mol. The molecule has 4 heterocycles. The smallest absolute Gasteiger partial charge is 0.331 e. The van der Waals surface area contributed by atoms with Gasteiger partial charge in [0.15, 0.2) is 0 Å². The quantitative estimate of drug-likeness (QED) is 0.0237. The second-order valence-corrected chi connectivity index (χ2v) is 23.2. The van der Waals surface area contributed by atoms with E-state index in [1.807, 2.05) is 65.4 Å². The fraction of sp³-hybridized carbons (Fsp3) is 0.318. The van der Waals surface area contributed by atoms with Gasteiger partial charge in [0.05, 0.1) is 52.9 Å². The molecule has 2 fully saturated rings. The Balaban J connectivity index is 0.799. The van der Waals surface area contributed by atoms with Gasteiger partial charge in [0.25, 0.3) is 0 Å². The van der Waals surface area contributed by atoms with E-state index in [4.69, 9.17) is 14.3 Å². The number of carbonyl (C=O) groups excluding carboxylic acids is 3. The van der Waals surface area contributed by atoms with Gasteiger partial charge in [-0.25, -0.2) is 4.79 Å². The molecule has 0 radical (unpaired) electrons. The molecule has 0 amide bonds. The lowest BCUT2D eigenvalue weighted by molar-refractivity contribution is -0.140. The summed E-state index contributed by atoms with van der Waals surface area (Å²) < 4.78 is 17.4. The van der Waals surface area contributed by atoms with Crippen LogP contribution in [0.25, 0.3) is 65.2 Å². The maximum atomic E-state index is 14.2. The van der Waals surface area contributed by atoms with Crippen LogP contribution in [0.15, 0.2) is 137 Å². The predicted molar refractivity (Wildman–Crippen MR) is 319 cm³/mol. The van der Waals surface area contributed by atoms with Gasteiger partial charge in [0, 0.05) is 85.8 Å². The first-order valence-electron chi connectivity index (χ1n) is 27.9. The lowest BCUT2D eigenvalue weighted by Crippen LogP contribution is -2.13. The number of carbonyl (C=O) groups is 3. The fourth-order valence-corrected chi connectivity index (χ4v) is 14.0. The minimum atomic E-state index is -0.452. The van der Waals surface area contributed by atoms with Gasteiger partial charge in [0.2, 0.25) is 11.6 Å². The summed E-state index contributed by atoms with van der Waals surface area (Å²) in [5.41, 5.74) is 8.74. The summed E-state index contributed by atoms with van der Waals surface area (Å²) in [6.45, 7) is 4.20. The maximum Gasteiger partial charge on any atom is 0.331 e. The Hall–Kier alpha value is -7.09. The van der Waals surface area contributed by atoms with E-state index >= 15 is 0 Å². The Bertz CT molecular complexity index is 3910. The number of thiophene rings is 2. The first kappa shape index (κ1) is 51.7. The molecule has 0 bridgehead atoms. The molecule has 12 heteroatoms. The fourth-order valence-electron chi connectivity index (χ4n) is 12.6. The van der Waals surface area contributed by atoms with Crippen LogP contribution in [0.1, 0.15) is 126 Å². The molecule has 2 saturated carbocycles. The number of hydrogen-bond acceptors (Lipinski definition) is 10. The zero-order valence-electron chi connectivity index (χ0n) is 44.2. The third-order valence-corrected chi connectivity index (χ3v) is 18.2. The highest BCUT2D eigenvalue weighted by molar-refractivity contribution is 7.12. The van der Waals surface area contributed by atoms with Crippen LogP contribution in [0.5, 0.6) is 0 Å². The summed E-state index contributed by atoms with van der Waals surface area (Å²) >= 11 is 2.91. The molecule has 0 atom stereocenters. The van der Waals surface area contributed by atoms with E-state index in [-0.39, 0.29) is 11.6 Å². The summed E-state index contributed by atoms with van der Waals surface area (Å²) in [5, 5.41) is 25.3. The van der Waals surface area contributed by atoms with Crippen molar-refractivity contribution in [1.82, 2.24) is 9.13 Å². The van der Waals surface area contributed by atoms with Crippen molar-refractivity contribution in [2.45, 2.75) is 97.1 Å². The number of benzene rings is 6. The topological polar surface area (TPSA) is 125 Å². The second kappa shape index (κ2) is 23.1. The van der Waals surface area contributed by atoms with E-state index in [0.717, 1.165) is 101 Å². The number of hydrogen-bond donors (Lipinski definition) is 1. The van der Waals surface area contributed by atoms with Crippen LogP contribution in [-0.4, -0.2) is 64.5 Å². The van der Waals surface area contributed by atoms with Crippen LogP contribution < -0.4 is 0 Å². The molecule has 10 nitrogen and oxygen atoms in total. The Kier molecular flexibility index (Phi) is 15.3. The van der Waals surface area contributed by atoms with Crippen LogP contribution in [0.3, 0.4) is 0 Å². The van der Waals surface area contributed by atoms with Crippen LogP contribution in [0.2, 0.25) is 0 Å². The lowest BCUT2D eigenvalue weighted by atomic mass is 9.95. The molecule has 0 saturated heterocycles. The molecule has 396 valence electrons. The molecular formula is C66H64N4O6S2. The second-order valence-electron chi connectivity index (χ2n) is 21.3. The van der Waals surface area contributed by atoms with Gasteiger partial charge in [0.1, 0.15) is 0 Å². The molecule has 2 aliphatic rings. The Morgan fingerprint density at radius 2 is 1.01 bits per heavy atom. The zero-order chi connectivity index (χ0) is 53.1. The summed E-state index contributed by atoms with van der Waals surface area (Å²) in [7, 11) is 0. The largest absolute Gasteiger partial charge is 0.377 e. The van der Waals surface area contributed by atoms with E-state index < -0.39 is 5.97 Å². The summed E-state index contributed by atoms with van der Waals surface area (Å²) in [6.07, 6.45) is 13.6. The molecule has 1 N–H and O–H groups in total. The normalized spacial score (nSPS) is 14.6. The molecule has 6 aromatic carbocycles. The molecule has 10 aromatic rings. The van der Waals surface area contributed by atoms with Gasteiger partial charge in [-0.3, -0.25) is 9.59 Å². The number of rotatable bonds is 22. The van der Waals surface area contributed by atoms with Crippen molar-refractivity contribution in [2.75, 3.05) is 26.4 Å². The highest BCUT2D eigenvalue weighted by Crippen LogP contribution is 2.41. The number of aromatic nitrogens is 2. The van der Waals surface area contributed by atoms with Crippen molar-refractivity contribution in [3.8, 4) is 0 Å². The average Bonchev–Trinajstić information content (AvgIpc) is 4.36. The summed E-state index contributed by atoms with van der Waals surface area (Å²) in [4.78, 5) is 47.2. The number of ketones is 2. The van der Waals surface area contributed by atoms with Gasteiger partial charge < -0.3 is 28.9 Å². The molecule has 78 heavy (non-hydrogen) atoms. The van der Waals surface area contributed by atoms with Gasteiger partial charge in [-0.2, -0.15) is 0 Å². The van der Waals surface area contributed by atoms with Gasteiger partial charge in [-0.15, -0.1) is 22.7 Å². The first-order chi connectivity index (χ1) is 38.3. The molecule has 0 aliphatic heterocycles. The molecule has 0 unspecified atom stereocenters. The molecule has 4 aromatic heterocycles. The van der Waals surface area contributed by atoms with E-state index in [1.54, 1.807) is 0 Å². The van der Waals surface area contributed by atoms with E-state index in [9.17, 15) is 19.8 Å². The summed E-state index contributed by atoms with van der Waals surface area (Å²) in [5.74, 6) is 0.913. The highest BCUT2D eigenvalue weighted by Gasteiger charge is 2.25. The van der Waals surface area contributed by atoms with Gasteiger partial charge in [-0.1, -0.05) is 129 Å². The maximum absolute atomic E-state index is 14.2. The Morgan fingerprint density at radius 3 is 1.50 bits per heavy atom. The van der Waals surface area contributed by atoms with Crippen LogP contribution >= 0.6 is 22.7 Å². The zero-order valence-corrected chi connectivity index (χ0v) is 45.8. The third-order valence-electron chi connectivity index (χ3n) is 16.5.